The maximum absolute atomic E-state index is 12.2. The first kappa shape index (κ1) is 17.9. The van der Waals surface area contributed by atoms with Gasteiger partial charge in [0.2, 0.25) is 5.95 Å². The minimum atomic E-state index is -0.0734. The van der Waals surface area contributed by atoms with E-state index < -0.39 is 0 Å². The van der Waals surface area contributed by atoms with Crippen molar-refractivity contribution >= 4 is 17.5 Å². The Morgan fingerprint density at radius 1 is 1.30 bits per heavy atom. The van der Waals surface area contributed by atoms with Crippen LogP contribution in [0.3, 0.4) is 0 Å². The molecule has 2 aromatic rings. The van der Waals surface area contributed by atoms with Crippen molar-refractivity contribution in [1.29, 1.82) is 0 Å². The molecule has 1 atom stereocenters. The van der Waals surface area contributed by atoms with E-state index in [1.807, 2.05) is 44.3 Å². The Labute approximate surface area is 160 Å². The van der Waals surface area contributed by atoms with Gasteiger partial charge in [-0.1, -0.05) is 6.07 Å². The molecule has 1 spiro atoms. The van der Waals surface area contributed by atoms with Gasteiger partial charge in [0.1, 0.15) is 0 Å². The van der Waals surface area contributed by atoms with Gasteiger partial charge >= 0.3 is 0 Å². The number of nitrogens with zero attached hydrogens (tertiary/aromatic N) is 2. The van der Waals surface area contributed by atoms with E-state index in [4.69, 9.17) is 4.98 Å². The molecule has 2 heterocycles. The van der Waals surface area contributed by atoms with E-state index in [0.717, 1.165) is 31.6 Å². The van der Waals surface area contributed by atoms with Crippen molar-refractivity contribution in [3.05, 3.63) is 47.3 Å². The number of rotatable bonds is 4. The molecule has 2 aliphatic rings. The Kier molecular flexibility index (Phi) is 4.83. The number of aryl methyl sites for hydroxylation is 1. The van der Waals surface area contributed by atoms with Crippen LogP contribution in [-0.4, -0.2) is 35.0 Å². The van der Waals surface area contributed by atoms with Crippen molar-refractivity contribution < 1.29 is 4.79 Å². The maximum atomic E-state index is 12.2. The highest BCUT2D eigenvalue weighted by atomic mass is 16.1. The summed E-state index contributed by atoms with van der Waals surface area (Å²) in [5, 5.41) is 9.74. The maximum Gasteiger partial charge on any atom is 0.251 e. The molecule has 1 aliphatic carbocycles. The molecular weight excluding hydrogens is 338 g/mol. The van der Waals surface area contributed by atoms with Crippen LogP contribution in [0.5, 0.6) is 0 Å². The summed E-state index contributed by atoms with van der Waals surface area (Å²) in [5.41, 5.74) is 4.07. The van der Waals surface area contributed by atoms with E-state index in [2.05, 4.69) is 20.9 Å². The number of nitrogens with one attached hydrogen (secondary N) is 3. The predicted octanol–water partition coefficient (Wildman–Crippen LogP) is 2.93. The van der Waals surface area contributed by atoms with Crippen molar-refractivity contribution in [2.24, 2.45) is 0 Å². The van der Waals surface area contributed by atoms with Crippen molar-refractivity contribution in [2.45, 2.75) is 51.0 Å². The lowest BCUT2D eigenvalue weighted by Gasteiger charge is -2.34. The van der Waals surface area contributed by atoms with E-state index in [9.17, 15) is 4.79 Å². The van der Waals surface area contributed by atoms with Crippen molar-refractivity contribution in [2.75, 3.05) is 18.4 Å². The molecule has 4 rings (SSSR count). The number of aromatic nitrogens is 2. The van der Waals surface area contributed by atoms with Gasteiger partial charge in [0.15, 0.2) is 0 Å². The van der Waals surface area contributed by atoms with Gasteiger partial charge in [0, 0.05) is 35.4 Å². The highest BCUT2D eigenvalue weighted by Gasteiger charge is 2.41. The predicted molar refractivity (Wildman–Crippen MR) is 106 cm³/mol. The standard InChI is InChI=1S/C21H27N5O/c1-14(2)24-19(27)15-5-3-6-17(11-15)25-20-23-12-16-7-9-21(18(16)26-20)8-4-10-22-13-21/h3,5-6,11-12,14,22H,4,7-10,13H2,1-2H3,(H,24,27)(H,23,25,26). The first-order valence-corrected chi connectivity index (χ1v) is 9.81. The van der Waals surface area contributed by atoms with E-state index in [0.29, 0.717) is 11.5 Å². The fourth-order valence-electron chi connectivity index (χ4n) is 4.20. The molecular formula is C21H27N5O. The number of anilines is 2. The first-order chi connectivity index (χ1) is 13.1. The number of carbonyl (C=O) groups is 1. The molecule has 0 bridgehead atoms. The molecule has 27 heavy (non-hydrogen) atoms. The zero-order valence-electron chi connectivity index (χ0n) is 16.0. The summed E-state index contributed by atoms with van der Waals surface area (Å²) >= 11 is 0. The third kappa shape index (κ3) is 3.67. The van der Waals surface area contributed by atoms with Crippen molar-refractivity contribution in [3.63, 3.8) is 0 Å². The average molecular weight is 365 g/mol. The molecule has 6 nitrogen and oxygen atoms in total. The van der Waals surface area contributed by atoms with Crippen LogP contribution in [-0.2, 0) is 11.8 Å². The lowest BCUT2D eigenvalue weighted by molar-refractivity contribution is 0.0943. The van der Waals surface area contributed by atoms with Crippen LogP contribution in [0.4, 0.5) is 11.6 Å². The normalized spacial score (nSPS) is 21.3. The summed E-state index contributed by atoms with van der Waals surface area (Å²) in [4.78, 5) is 21.6. The van der Waals surface area contributed by atoms with E-state index in [-0.39, 0.29) is 17.4 Å². The SMILES string of the molecule is CC(C)NC(=O)c1cccc(Nc2ncc3c(n2)C2(CCCNC2)CC3)c1. The second-order valence-corrected chi connectivity index (χ2v) is 7.96. The number of carbonyl (C=O) groups excluding carboxylic acids is 1. The lowest BCUT2D eigenvalue weighted by Crippen LogP contribution is -2.42. The number of amides is 1. The minimum absolute atomic E-state index is 0.0734. The highest BCUT2D eigenvalue weighted by molar-refractivity contribution is 5.95. The van der Waals surface area contributed by atoms with E-state index >= 15 is 0 Å². The molecule has 1 amide bonds. The van der Waals surface area contributed by atoms with Gasteiger partial charge in [0.25, 0.3) is 5.91 Å². The van der Waals surface area contributed by atoms with Crippen molar-refractivity contribution in [1.82, 2.24) is 20.6 Å². The fraction of sp³-hybridized carbons (Fsp3) is 0.476. The molecule has 1 aromatic heterocycles. The fourth-order valence-corrected chi connectivity index (χ4v) is 4.20. The summed E-state index contributed by atoms with van der Waals surface area (Å²) < 4.78 is 0. The van der Waals surface area contributed by atoms with Gasteiger partial charge in [-0.25, -0.2) is 9.97 Å². The number of piperidine rings is 1. The third-order valence-electron chi connectivity index (χ3n) is 5.51. The van der Waals surface area contributed by atoms with Crippen LogP contribution in [0.2, 0.25) is 0 Å². The Morgan fingerprint density at radius 2 is 2.19 bits per heavy atom. The Morgan fingerprint density at radius 3 is 2.96 bits per heavy atom. The molecule has 142 valence electrons. The van der Waals surface area contributed by atoms with Crippen LogP contribution in [0.25, 0.3) is 0 Å². The van der Waals surface area contributed by atoms with E-state index in [1.54, 1.807) is 0 Å². The Balaban J connectivity index is 1.56. The molecule has 1 saturated heterocycles. The third-order valence-corrected chi connectivity index (χ3v) is 5.51. The summed E-state index contributed by atoms with van der Waals surface area (Å²) in [6.45, 7) is 6.00. The number of fused-ring (bicyclic) bond motifs is 2. The molecule has 6 heteroatoms. The second kappa shape index (κ2) is 7.27. The zero-order valence-corrected chi connectivity index (χ0v) is 16.0. The number of benzene rings is 1. The highest BCUT2D eigenvalue weighted by Crippen LogP contribution is 2.42. The summed E-state index contributed by atoms with van der Waals surface area (Å²) in [6.07, 6.45) is 6.55. The Hall–Kier alpha value is -2.47. The molecule has 1 unspecified atom stereocenters. The number of hydrogen-bond donors (Lipinski definition) is 3. The number of hydrogen-bond acceptors (Lipinski definition) is 5. The molecule has 0 saturated carbocycles. The zero-order chi connectivity index (χ0) is 18.9. The van der Waals surface area contributed by atoms with Crippen LogP contribution < -0.4 is 16.0 Å². The van der Waals surface area contributed by atoms with Gasteiger partial charge in [-0.05, 0) is 69.8 Å². The van der Waals surface area contributed by atoms with Gasteiger partial charge in [-0.15, -0.1) is 0 Å². The topological polar surface area (TPSA) is 78.9 Å². The van der Waals surface area contributed by atoms with Crippen LogP contribution in [0, 0.1) is 0 Å². The average Bonchev–Trinajstić information content (AvgIpc) is 3.00. The van der Waals surface area contributed by atoms with Gasteiger partial charge in [-0.2, -0.15) is 0 Å². The van der Waals surface area contributed by atoms with Crippen LogP contribution in [0.15, 0.2) is 30.5 Å². The molecule has 3 N–H and O–H groups in total. The van der Waals surface area contributed by atoms with Crippen LogP contribution in [0.1, 0.15) is 54.7 Å². The quantitative estimate of drug-likeness (QED) is 0.776. The van der Waals surface area contributed by atoms with Crippen LogP contribution >= 0.6 is 0 Å². The summed E-state index contributed by atoms with van der Waals surface area (Å²) in [7, 11) is 0. The molecule has 1 aromatic carbocycles. The molecule has 1 fully saturated rings. The second-order valence-electron chi connectivity index (χ2n) is 7.96. The minimum Gasteiger partial charge on any atom is -0.350 e. The summed E-state index contributed by atoms with van der Waals surface area (Å²) in [5.74, 6) is 0.526. The van der Waals surface area contributed by atoms with Crippen molar-refractivity contribution in [3.8, 4) is 0 Å². The largest absolute Gasteiger partial charge is 0.350 e. The molecule has 0 radical (unpaired) electrons. The summed E-state index contributed by atoms with van der Waals surface area (Å²) in [6, 6.07) is 7.56. The monoisotopic (exact) mass is 365 g/mol. The van der Waals surface area contributed by atoms with Gasteiger partial charge in [0.05, 0.1) is 5.69 Å². The lowest BCUT2D eigenvalue weighted by atomic mass is 9.78. The first-order valence-electron chi connectivity index (χ1n) is 9.81. The van der Waals surface area contributed by atoms with Gasteiger partial charge in [-0.3, -0.25) is 4.79 Å². The smallest absolute Gasteiger partial charge is 0.251 e. The van der Waals surface area contributed by atoms with E-state index in [1.165, 1.54) is 24.1 Å². The van der Waals surface area contributed by atoms with Gasteiger partial charge < -0.3 is 16.0 Å². The molecule has 1 aliphatic heterocycles. The Bertz CT molecular complexity index is 837.